The first-order valence-electron chi connectivity index (χ1n) is 7.37. The van der Waals surface area contributed by atoms with Crippen molar-refractivity contribution in [1.29, 1.82) is 0 Å². The van der Waals surface area contributed by atoms with Gasteiger partial charge in [0, 0.05) is 13.1 Å². The fourth-order valence-electron chi connectivity index (χ4n) is 2.20. The second-order valence-electron chi connectivity index (χ2n) is 5.13. The van der Waals surface area contributed by atoms with Gasteiger partial charge in [0.2, 0.25) is 0 Å². The molecule has 0 unspecified atom stereocenters. The molecule has 0 saturated heterocycles. The number of hydrogen-bond donors (Lipinski definition) is 2. The maximum absolute atomic E-state index is 9.21. The molecule has 21 heavy (non-hydrogen) atoms. The normalized spacial score (nSPS) is 12.5. The molecule has 0 heterocycles. The lowest BCUT2D eigenvalue weighted by atomic mass is 10.0. The molecule has 0 aliphatic carbocycles. The summed E-state index contributed by atoms with van der Waals surface area (Å²) in [5, 5.41) is 12.4. The lowest BCUT2D eigenvalue weighted by Crippen LogP contribution is -2.28. The maximum atomic E-state index is 9.21. The van der Waals surface area contributed by atoms with E-state index in [1.165, 1.54) is 0 Å². The third kappa shape index (κ3) is 5.31. The van der Waals surface area contributed by atoms with E-state index in [9.17, 15) is 5.11 Å². The van der Waals surface area contributed by atoms with E-state index in [4.69, 9.17) is 4.74 Å². The predicted octanol–water partition coefficient (Wildman–Crippen LogP) is 2.76. The van der Waals surface area contributed by atoms with E-state index < -0.39 is 0 Å². The molecule has 2 aromatic rings. The number of ether oxygens (including phenoxy) is 1. The number of hydrogen-bond acceptors (Lipinski definition) is 3. The molecule has 2 rings (SSSR count). The van der Waals surface area contributed by atoms with Crippen LogP contribution in [0.3, 0.4) is 0 Å². The number of benzene rings is 2. The first kappa shape index (κ1) is 15.7. The van der Waals surface area contributed by atoms with Crippen molar-refractivity contribution in [2.75, 3.05) is 19.7 Å². The molecule has 3 nitrogen and oxygen atoms in total. The third-order valence-electron chi connectivity index (χ3n) is 3.21. The summed E-state index contributed by atoms with van der Waals surface area (Å²) in [4.78, 5) is 0. The van der Waals surface area contributed by atoms with Crippen molar-refractivity contribution in [3.05, 3.63) is 71.8 Å². The molecule has 0 amide bonds. The Labute approximate surface area is 126 Å². The summed E-state index contributed by atoms with van der Waals surface area (Å²) in [6.07, 6.45) is -0.384. The Balaban J connectivity index is 1.97. The standard InChI is InChI=1S/C18H23NO2/c1-15(20)14-19-12-13-21-18(16-8-4-2-5-9-16)17-10-6-3-7-11-17/h2-11,15,18-20H,12-14H2,1H3/t15-/m1/s1. The minimum absolute atomic E-state index is 0.0549. The second kappa shape index (κ2) is 8.57. The summed E-state index contributed by atoms with van der Waals surface area (Å²) < 4.78 is 6.05. The molecule has 0 bridgehead atoms. The van der Waals surface area contributed by atoms with Crippen molar-refractivity contribution in [1.82, 2.24) is 5.32 Å². The minimum Gasteiger partial charge on any atom is -0.392 e. The molecule has 0 radical (unpaired) electrons. The summed E-state index contributed by atoms with van der Waals surface area (Å²) in [7, 11) is 0. The molecule has 0 aliphatic rings. The average molecular weight is 285 g/mol. The number of nitrogens with one attached hydrogen (secondary N) is 1. The van der Waals surface area contributed by atoms with Crippen molar-refractivity contribution in [3.8, 4) is 0 Å². The van der Waals surface area contributed by atoms with Crippen LogP contribution in [0.2, 0.25) is 0 Å². The Kier molecular flexibility index (Phi) is 6.41. The van der Waals surface area contributed by atoms with Crippen LogP contribution < -0.4 is 5.32 Å². The topological polar surface area (TPSA) is 41.5 Å². The van der Waals surface area contributed by atoms with E-state index in [0.717, 1.165) is 17.7 Å². The minimum atomic E-state index is -0.330. The van der Waals surface area contributed by atoms with Crippen LogP contribution in [0.25, 0.3) is 0 Å². The molecule has 0 saturated carbocycles. The van der Waals surface area contributed by atoms with E-state index in [2.05, 4.69) is 29.6 Å². The van der Waals surface area contributed by atoms with E-state index in [-0.39, 0.29) is 12.2 Å². The van der Waals surface area contributed by atoms with Gasteiger partial charge in [0.15, 0.2) is 0 Å². The van der Waals surface area contributed by atoms with Crippen LogP contribution in [-0.4, -0.2) is 30.9 Å². The zero-order valence-electron chi connectivity index (χ0n) is 12.4. The van der Waals surface area contributed by atoms with Crippen molar-refractivity contribution < 1.29 is 9.84 Å². The molecule has 0 aromatic heterocycles. The van der Waals surface area contributed by atoms with Crippen LogP contribution in [0.4, 0.5) is 0 Å². The van der Waals surface area contributed by atoms with Gasteiger partial charge in [-0.05, 0) is 18.1 Å². The highest BCUT2D eigenvalue weighted by molar-refractivity contribution is 5.29. The monoisotopic (exact) mass is 285 g/mol. The average Bonchev–Trinajstić information content (AvgIpc) is 2.52. The van der Waals surface area contributed by atoms with Gasteiger partial charge < -0.3 is 15.2 Å². The van der Waals surface area contributed by atoms with E-state index in [0.29, 0.717) is 13.2 Å². The summed E-state index contributed by atoms with van der Waals surface area (Å²) in [5.74, 6) is 0. The highest BCUT2D eigenvalue weighted by Crippen LogP contribution is 2.25. The second-order valence-corrected chi connectivity index (χ2v) is 5.13. The van der Waals surface area contributed by atoms with Crippen molar-refractivity contribution >= 4 is 0 Å². The van der Waals surface area contributed by atoms with Gasteiger partial charge in [0.25, 0.3) is 0 Å². The smallest absolute Gasteiger partial charge is 0.108 e. The van der Waals surface area contributed by atoms with Gasteiger partial charge in [-0.15, -0.1) is 0 Å². The van der Waals surface area contributed by atoms with E-state index in [1.807, 2.05) is 36.4 Å². The highest BCUT2D eigenvalue weighted by atomic mass is 16.5. The fourth-order valence-corrected chi connectivity index (χ4v) is 2.20. The molecule has 3 heteroatoms. The number of aliphatic hydroxyl groups is 1. The fraction of sp³-hybridized carbons (Fsp3) is 0.333. The van der Waals surface area contributed by atoms with Gasteiger partial charge in [-0.3, -0.25) is 0 Å². The molecule has 0 spiro atoms. The lowest BCUT2D eigenvalue weighted by molar-refractivity contribution is 0.0799. The van der Waals surface area contributed by atoms with Gasteiger partial charge in [-0.25, -0.2) is 0 Å². The molecule has 112 valence electrons. The molecule has 2 aromatic carbocycles. The van der Waals surface area contributed by atoms with Gasteiger partial charge in [-0.1, -0.05) is 60.7 Å². The van der Waals surface area contributed by atoms with E-state index in [1.54, 1.807) is 6.92 Å². The molecule has 0 aliphatic heterocycles. The Morgan fingerprint density at radius 2 is 1.48 bits per heavy atom. The van der Waals surface area contributed by atoms with Crippen LogP contribution in [-0.2, 0) is 4.74 Å². The van der Waals surface area contributed by atoms with Crippen molar-refractivity contribution in [2.45, 2.75) is 19.1 Å². The zero-order valence-corrected chi connectivity index (χ0v) is 12.4. The van der Waals surface area contributed by atoms with E-state index >= 15 is 0 Å². The molecule has 2 N–H and O–H groups in total. The van der Waals surface area contributed by atoms with Crippen molar-refractivity contribution in [2.24, 2.45) is 0 Å². The molecule has 0 fully saturated rings. The molecule has 1 atom stereocenters. The Bertz CT molecular complexity index is 460. The van der Waals surface area contributed by atoms with Crippen LogP contribution in [0.1, 0.15) is 24.2 Å². The van der Waals surface area contributed by atoms with Crippen LogP contribution in [0, 0.1) is 0 Å². The summed E-state index contributed by atoms with van der Waals surface area (Å²) in [5.41, 5.74) is 2.30. The van der Waals surface area contributed by atoms with Gasteiger partial charge in [0.1, 0.15) is 6.10 Å². The van der Waals surface area contributed by atoms with Gasteiger partial charge >= 0.3 is 0 Å². The third-order valence-corrected chi connectivity index (χ3v) is 3.21. The largest absolute Gasteiger partial charge is 0.392 e. The Morgan fingerprint density at radius 1 is 0.952 bits per heavy atom. The van der Waals surface area contributed by atoms with Crippen LogP contribution >= 0.6 is 0 Å². The summed E-state index contributed by atoms with van der Waals surface area (Å²) >= 11 is 0. The van der Waals surface area contributed by atoms with Crippen molar-refractivity contribution in [3.63, 3.8) is 0 Å². The van der Waals surface area contributed by atoms with Crippen LogP contribution in [0.15, 0.2) is 60.7 Å². The first-order chi connectivity index (χ1) is 10.3. The van der Waals surface area contributed by atoms with Crippen LogP contribution in [0.5, 0.6) is 0 Å². The Hall–Kier alpha value is -1.68. The SMILES string of the molecule is C[C@@H](O)CNCCOC(c1ccccc1)c1ccccc1. The number of rotatable bonds is 8. The number of aliphatic hydroxyl groups excluding tert-OH is 1. The quantitative estimate of drug-likeness (QED) is 0.733. The maximum Gasteiger partial charge on any atom is 0.108 e. The molecular formula is C18H23NO2. The molecular weight excluding hydrogens is 262 g/mol. The summed E-state index contributed by atoms with van der Waals surface area (Å²) in [6, 6.07) is 20.5. The first-order valence-corrected chi connectivity index (χ1v) is 7.37. The van der Waals surface area contributed by atoms with Gasteiger partial charge in [0.05, 0.1) is 12.7 Å². The van der Waals surface area contributed by atoms with Gasteiger partial charge in [-0.2, -0.15) is 0 Å². The predicted molar refractivity (Wildman–Crippen MR) is 85.2 cm³/mol. The lowest BCUT2D eigenvalue weighted by Gasteiger charge is -2.19. The zero-order chi connectivity index (χ0) is 14.9. The summed E-state index contributed by atoms with van der Waals surface area (Å²) in [6.45, 7) is 3.68. The highest BCUT2D eigenvalue weighted by Gasteiger charge is 2.13. The Morgan fingerprint density at radius 3 is 1.95 bits per heavy atom.